The van der Waals surface area contributed by atoms with Crippen molar-refractivity contribution in [3.63, 3.8) is 0 Å². The number of ether oxygens (including phenoxy) is 1. The molecule has 0 fully saturated rings. The third kappa shape index (κ3) is 5.40. The quantitative estimate of drug-likeness (QED) is 0.140. The van der Waals surface area contributed by atoms with Gasteiger partial charge in [-0.05, 0) is 0 Å². The first-order valence-electron chi connectivity index (χ1n) is 5.21. The molecule has 0 heterocycles. The number of rotatable bonds is 7. The van der Waals surface area contributed by atoms with Gasteiger partial charge in [0.1, 0.15) is 24.4 Å². The molecule has 0 saturated carbocycles. The van der Waals surface area contributed by atoms with Crippen molar-refractivity contribution < 1.29 is 39.9 Å². The van der Waals surface area contributed by atoms with Gasteiger partial charge in [0.2, 0.25) is 0 Å². The summed E-state index contributed by atoms with van der Waals surface area (Å²) in [5.41, 5.74) is 5.20. The number of hydrogen-bond donors (Lipinski definition) is 7. The fourth-order valence-electron chi connectivity index (χ4n) is 0.972. The summed E-state index contributed by atoms with van der Waals surface area (Å²) in [4.78, 5) is 22.4. The molecule has 19 heavy (non-hydrogen) atoms. The van der Waals surface area contributed by atoms with Gasteiger partial charge in [0.05, 0.1) is 6.61 Å². The van der Waals surface area contributed by atoms with Crippen LogP contribution in [0.5, 0.6) is 0 Å². The molecule has 9 nitrogen and oxygen atoms in total. The van der Waals surface area contributed by atoms with Gasteiger partial charge in [0, 0.05) is 5.75 Å². The minimum Gasteiger partial charge on any atom is -0.394 e. The fourth-order valence-corrected chi connectivity index (χ4v) is 1.12. The molecular weight excluding hydrogens is 282 g/mol. The first kappa shape index (κ1) is 18.2. The summed E-state index contributed by atoms with van der Waals surface area (Å²) in [5.74, 6) is -2.81. The van der Waals surface area contributed by atoms with E-state index in [-0.39, 0.29) is 5.75 Å². The summed E-state index contributed by atoms with van der Waals surface area (Å²) in [6.45, 7) is -0.899. The number of esters is 2. The molecule has 0 bridgehead atoms. The van der Waals surface area contributed by atoms with Crippen molar-refractivity contribution in [1.82, 2.24) is 0 Å². The second-order valence-corrected chi connectivity index (χ2v) is 4.07. The average Bonchev–Trinajstić information content (AvgIpc) is 2.42. The molecule has 0 aliphatic carbocycles. The van der Waals surface area contributed by atoms with Crippen molar-refractivity contribution in [3.8, 4) is 0 Å². The molecule has 0 aliphatic heterocycles. The largest absolute Gasteiger partial charge is 0.394 e. The van der Waals surface area contributed by atoms with Crippen LogP contribution in [0, 0.1) is 0 Å². The number of nitrogens with two attached hydrogens (primary N) is 1. The van der Waals surface area contributed by atoms with Gasteiger partial charge in [-0.2, -0.15) is 12.6 Å². The van der Waals surface area contributed by atoms with Crippen LogP contribution in [0.3, 0.4) is 0 Å². The normalized spacial score (nSPS) is 19.1. The Labute approximate surface area is 114 Å². The van der Waals surface area contributed by atoms with Gasteiger partial charge in [-0.1, -0.05) is 0 Å². The Morgan fingerprint density at radius 2 is 1.63 bits per heavy atom. The molecule has 5 atom stereocenters. The lowest BCUT2D eigenvalue weighted by atomic mass is 10.0. The molecule has 112 valence electrons. The number of carbonyl (C=O) groups is 2. The molecular formula is C9H17NO8S. The molecule has 0 unspecified atom stereocenters. The Hall–Kier alpha value is -0.750. The Balaban J connectivity index is 4.52. The number of hydrogen-bond acceptors (Lipinski definition) is 10. The molecule has 0 aromatic rings. The van der Waals surface area contributed by atoms with E-state index >= 15 is 0 Å². The monoisotopic (exact) mass is 299 g/mol. The second-order valence-electron chi connectivity index (χ2n) is 3.71. The van der Waals surface area contributed by atoms with Gasteiger partial charge in [0.15, 0.2) is 6.10 Å². The number of thiol groups is 1. The molecule has 0 spiro atoms. The molecule has 0 aromatic heterocycles. The number of carbonyl (C=O) groups excluding carboxylic acids is 2. The highest BCUT2D eigenvalue weighted by Crippen LogP contribution is 2.07. The highest BCUT2D eigenvalue weighted by atomic mass is 32.1. The van der Waals surface area contributed by atoms with Gasteiger partial charge < -0.3 is 36.0 Å². The number of aliphatic hydroxyl groups is 5. The molecule has 0 aliphatic rings. The van der Waals surface area contributed by atoms with Crippen molar-refractivity contribution in [1.29, 1.82) is 0 Å². The van der Waals surface area contributed by atoms with E-state index in [1.54, 1.807) is 0 Å². The van der Waals surface area contributed by atoms with E-state index in [0.717, 1.165) is 0 Å². The van der Waals surface area contributed by atoms with Crippen molar-refractivity contribution in [2.75, 3.05) is 12.4 Å². The van der Waals surface area contributed by atoms with Gasteiger partial charge in [0.25, 0.3) is 0 Å². The van der Waals surface area contributed by atoms with Crippen LogP contribution in [0.25, 0.3) is 0 Å². The molecule has 0 radical (unpaired) electrons. The van der Waals surface area contributed by atoms with Crippen LogP contribution in [0.1, 0.15) is 0 Å². The van der Waals surface area contributed by atoms with Gasteiger partial charge in [-0.15, -0.1) is 0 Å². The van der Waals surface area contributed by atoms with Crippen LogP contribution in [-0.2, 0) is 14.3 Å². The van der Waals surface area contributed by atoms with Crippen LogP contribution in [0.15, 0.2) is 0 Å². The van der Waals surface area contributed by atoms with Gasteiger partial charge >= 0.3 is 11.9 Å². The predicted molar refractivity (Wildman–Crippen MR) is 64.0 cm³/mol. The topological polar surface area (TPSA) is 171 Å². The summed E-state index contributed by atoms with van der Waals surface area (Å²) in [6.07, 6.45) is -8.20. The van der Waals surface area contributed by atoms with E-state index in [1.165, 1.54) is 0 Å². The molecule has 0 amide bonds. The molecule has 0 aromatic carbocycles. The van der Waals surface area contributed by atoms with Crippen molar-refractivity contribution in [3.05, 3.63) is 0 Å². The zero-order valence-electron chi connectivity index (χ0n) is 9.79. The standard InChI is InChI=1S/C9H17NO8S/c10-3(2-19)8(16)18-9(17)7(15)6(14)5(13)4(12)1-11/h3-7,11-15,19H,1-2,10H2/t3-,4+,5+,6-,7+/m0/s1. The van der Waals surface area contributed by atoms with E-state index in [0.29, 0.717) is 0 Å². The SMILES string of the molecule is N[C@@H](CS)C(=O)OC(=O)[C@H](O)[C@@H](O)[C@H](O)[C@H](O)CO. The van der Waals surface area contributed by atoms with E-state index in [1.807, 2.05) is 0 Å². The Kier molecular flexibility index (Phi) is 8.09. The summed E-state index contributed by atoms with van der Waals surface area (Å²) in [6, 6.07) is -1.19. The second kappa shape index (κ2) is 8.43. The van der Waals surface area contributed by atoms with Crippen molar-refractivity contribution in [2.45, 2.75) is 30.5 Å². The fraction of sp³-hybridized carbons (Fsp3) is 0.778. The van der Waals surface area contributed by atoms with Gasteiger partial charge in [-0.3, -0.25) is 0 Å². The van der Waals surface area contributed by atoms with Crippen LogP contribution in [0.2, 0.25) is 0 Å². The maximum absolute atomic E-state index is 11.2. The minimum absolute atomic E-state index is 0.101. The minimum atomic E-state index is -2.28. The zero-order valence-corrected chi connectivity index (χ0v) is 10.7. The molecule has 0 saturated heterocycles. The number of aliphatic hydroxyl groups excluding tert-OH is 5. The van der Waals surface area contributed by atoms with E-state index < -0.39 is 49.0 Å². The Morgan fingerprint density at radius 1 is 1.11 bits per heavy atom. The third-order valence-electron chi connectivity index (χ3n) is 2.20. The van der Waals surface area contributed by atoms with Gasteiger partial charge in [-0.25, -0.2) is 9.59 Å². The maximum atomic E-state index is 11.2. The molecule has 10 heteroatoms. The first-order valence-corrected chi connectivity index (χ1v) is 5.84. The van der Waals surface area contributed by atoms with Crippen LogP contribution >= 0.6 is 12.6 Å². The Bertz CT molecular complexity index is 315. The lowest BCUT2D eigenvalue weighted by Gasteiger charge is -2.24. The summed E-state index contributed by atoms with van der Waals surface area (Å²) >= 11 is 3.69. The highest BCUT2D eigenvalue weighted by Gasteiger charge is 2.36. The van der Waals surface area contributed by atoms with Crippen LogP contribution < -0.4 is 5.73 Å². The predicted octanol–water partition coefficient (Wildman–Crippen LogP) is -4.25. The Morgan fingerprint density at radius 3 is 2.05 bits per heavy atom. The molecule has 0 rings (SSSR count). The maximum Gasteiger partial charge on any atom is 0.345 e. The summed E-state index contributed by atoms with van der Waals surface area (Å²) in [5, 5.41) is 45.4. The van der Waals surface area contributed by atoms with Crippen molar-refractivity contribution >= 4 is 24.6 Å². The first-order chi connectivity index (χ1) is 8.76. The highest BCUT2D eigenvalue weighted by molar-refractivity contribution is 7.80. The summed E-state index contributed by atoms with van der Waals surface area (Å²) in [7, 11) is 0. The van der Waals surface area contributed by atoms with E-state index in [9.17, 15) is 24.9 Å². The summed E-state index contributed by atoms with van der Waals surface area (Å²) < 4.78 is 4.13. The zero-order chi connectivity index (χ0) is 15.2. The lowest BCUT2D eigenvalue weighted by molar-refractivity contribution is -0.177. The smallest absolute Gasteiger partial charge is 0.345 e. The van der Waals surface area contributed by atoms with E-state index in [2.05, 4.69) is 17.4 Å². The lowest BCUT2D eigenvalue weighted by Crippen LogP contribution is -2.50. The van der Waals surface area contributed by atoms with Crippen LogP contribution in [-0.4, -0.2) is 80.3 Å². The average molecular weight is 299 g/mol. The third-order valence-corrected chi connectivity index (χ3v) is 2.59. The molecule has 7 N–H and O–H groups in total. The van der Waals surface area contributed by atoms with Crippen molar-refractivity contribution in [2.24, 2.45) is 5.73 Å². The van der Waals surface area contributed by atoms with Crippen LogP contribution in [0.4, 0.5) is 0 Å². The van der Waals surface area contributed by atoms with E-state index in [4.69, 9.17) is 15.9 Å².